The number of amidine groups is 1. The van der Waals surface area contributed by atoms with E-state index in [4.69, 9.17) is 0 Å². The zero-order valence-electron chi connectivity index (χ0n) is 11.5. The highest BCUT2D eigenvalue weighted by Gasteiger charge is 2.17. The average Bonchev–Trinajstić information content (AvgIpc) is 2.73. The van der Waals surface area contributed by atoms with E-state index >= 15 is 0 Å². The second-order valence-corrected chi connectivity index (χ2v) is 5.48. The molecule has 0 fully saturated rings. The number of nitrogens with one attached hydrogen (secondary N) is 1. The molecule has 0 atom stereocenters. The van der Waals surface area contributed by atoms with E-state index in [1.807, 2.05) is 36.4 Å². The highest BCUT2D eigenvalue weighted by atomic mass is 79.9. The van der Waals surface area contributed by atoms with Gasteiger partial charge in [-0.05, 0) is 35.5 Å². The summed E-state index contributed by atoms with van der Waals surface area (Å²) in [5.41, 5.74) is 3.23. The van der Waals surface area contributed by atoms with E-state index in [1.54, 1.807) is 6.20 Å². The van der Waals surface area contributed by atoms with Crippen LogP contribution in [0.25, 0.3) is 0 Å². The SMILES string of the molecule is O=NCNC1=Nc2ccc(Br)cc2C(c2ccccn2)=NC1. The molecule has 0 spiro atoms. The van der Waals surface area contributed by atoms with Crippen LogP contribution < -0.4 is 5.32 Å². The summed E-state index contributed by atoms with van der Waals surface area (Å²) in [4.78, 5) is 23.8. The zero-order chi connectivity index (χ0) is 15.4. The summed E-state index contributed by atoms with van der Waals surface area (Å²) < 4.78 is 0.941. The van der Waals surface area contributed by atoms with Crippen LogP contribution in [0, 0.1) is 4.91 Å². The quantitative estimate of drug-likeness (QED) is 0.857. The minimum Gasteiger partial charge on any atom is -0.350 e. The lowest BCUT2D eigenvalue weighted by molar-refractivity contribution is 0.903. The van der Waals surface area contributed by atoms with Gasteiger partial charge in [-0.25, -0.2) is 4.99 Å². The Morgan fingerprint density at radius 3 is 2.95 bits per heavy atom. The fraction of sp³-hybridized carbons (Fsp3) is 0.133. The first-order valence-corrected chi connectivity index (χ1v) is 7.43. The molecule has 6 nitrogen and oxygen atoms in total. The van der Waals surface area contributed by atoms with Crippen LogP contribution in [-0.4, -0.2) is 29.7 Å². The van der Waals surface area contributed by atoms with Gasteiger partial charge in [-0.15, -0.1) is 4.91 Å². The maximum absolute atomic E-state index is 10.3. The molecule has 2 aromatic rings. The molecule has 22 heavy (non-hydrogen) atoms. The Labute approximate surface area is 135 Å². The van der Waals surface area contributed by atoms with Crippen LogP contribution >= 0.6 is 15.9 Å². The standard InChI is InChI=1S/C15H12BrN5O/c16-10-4-5-12-11(7-10)15(13-3-1-2-6-17-13)18-8-14(21-12)19-9-20-22/h1-7H,8-9H2,(H,19,21). The predicted octanol–water partition coefficient (Wildman–Crippen LogP) is 3.04. The molecule has 0 bridgehead atoms. The maximum Gasteiger partial charge on any atom is 0.151 e. The number of nitroso groups, excluding NO2 is 1. The summed E-state index contributed by atoms with van der Waals surface area (Å²) >= 11 is 3.48. The van der Waals surface area contributed by atoms with E-state index in [0.29, 0.717) is 12.4 Å². The number of rotatable bonds is 3. The number of hydrogen-bond donors (Lipinski definition) is 1. The van der Waals surface area contributed by atoms with Gasteiger partial charge in [0.2, 0.25) is 0 Å². The van der Waals surface area contributed by atoms with Crippen molar-refractivity contribution in [2.45, 2.75) is 0 Å². The molecule has 0 saturated heterocycles. The normalized spacial score (nSPS) is 13.5. The van der Waals surface area contributed by atoms with Crippen LogP contribution in [-0.2, 0) is 0 Å². The fourth-order valence-electron chi connectivity index (χ4n) is 2.16. The third-order valence-electron chi connectivity index (χ3n) is 3.11. The Hall–Kier alpha value is -2.41. The Bertz CT molecular complexity index is 758. The van der Waals surface area contributed by atoms with E-state index < -0.39 is 0 Å². The monoisotopic (exact) mass is 357 g/mol. The molecule has 2 heterocycles. The molecule has 0 amide bonds. The Kier molecular flexibility index (Phi) is 4.34. The number of aliphatic imine (C=N–C) groups is 2. The molecule has 3 rings (SSSR count). The van der Waals surface area contributed by atoms with Crippen molar-refractivity contribution in [2.75, 3.05) is 13.2 Å². The summed E-state index contributed by atoms with van der Waals surface area (Å²) in [5, 5.41) is 5.67. The summed E-state index contributed by atoms with van der Waals surface area (Å²) in [5.74, 6) is 0.606. The number of hydrogen-bond acceptors (Lipinski definition) is 6. The van der Waals surface area contributed by atoms with Gasteiger partial charge < -0.3 is 5.32 Å². The van der Waals surface area contributed by atoms with Gasteiger partial charge in [0.05, 0.1) is 23.6 Å². The molecular weight excluding hydrogens is 346 g/mol. The molecule has 0 unspecified atom stereocenters. The minimum absolute atomic E-state index is 0.0286. The minimum atomic E-state index is -0.0286. The Morgan fingerprint density at radius 2 is 2.18 bits per heavy atom. The first-order chi connectivity index (χ1) is 10.8. The molecule has 0 aliphatic carbocycles. The van der Waals surface area contributed by atoms with Gasteiger partial charge in [0.25, 0.3) is 0 Å². The number of aromatic nitrogens is 1. The lowest BCUT2D eigenvalue weighted by Gasteiger charge is -2.07. The zero-order valence-corrected chi connectivity index (χ0v) is 13.1. The van der Waals surface area contributed by atoms with E-state index in [2.05, 4.69) is 41.4 Å². The average molecular weight is 358 g/mol. The summed E-state index contributed by atoms with van der Waals surface area (Å²) in [6, 6.07) is 11.5. The molecule has 1 aromatic carbocycles. The van der Waals surface area contributed by atoms with Crippen molar-refractivity contribution in [3.8, 4) is 0 Å². The lowest BCUT2D eigenvalue weighted by atomic mass is 10.0. The summed E-state index contributed by atoms with van der Waals surface area (Å²) in [7, 11) is 0. The topological polar surface area (TPSA) is 79.1 Å². The molecule has 0 saturated carbocycles. The molecule has 0 radical (unpaired) electrons. The summed E-state index contributed by atoms with van der Waals surface area (Å²) in [6.07, 6.45) is 1.73. The van der Waals surface area contributed by atoms with E-state index in [0.717, 1.165) is 27.1 Å². The second-order valence-electron chi connectivity index (χ2n) is 4.56. The van der Waals surface area contributed by atoms with E-state index in [9.17, 15) is 4.91 Å². The number of pyridine rings is 1. The van der Waals surface area contributed by atoms with Crippen molar-refractivity contribution in [1.29, 1.82) is 0 Å². The van der Waals surface area contributed by atoms with Gasteiger partial charge in [-0.3, -0.25) is 9.98 Å². The molecular formula is C15H12BrN5O. The van der Waals surface area contributed by atoms with Crippen LogP contribution in [0.2, 0.25) is 0 Å². The molecule has 1 aromatic heterocycles. The van der Waals surface area contributed by atoms with Crippen molar-refractivity contribution in [3.63, 3.8) is 0 Å². The smallest absolute Gasteiger partial charge is 0.151 e. The number of halogens is 1. The first kappa shape index (κ1) is 14.5. The number of nitrogens with zero attached hydrogens (tertiary/aromatic N) is 4. The highest BCUT2D eigenvalue weighted by Crippen LogP contribution is 2.27. The van der Waals surface area contributed by atoms with Crippen LogP contribution in [0.5, 0.6) is 0 Å². The van der Waals surface area contributed by atoms with Gasteiger partial charge in [-0.1, -0.05) is 22.0 Å². The largest absolute Gasteiger partial charge is 0.350 e. The van der Waals surface area contributed by atoms with Crippen molar-refractivity contribution in [3.05, 3.63) is 63.2 Å². The Balaban J connectivity index is 2.09. The molecule has 1 aliphatic rings. The lowest BCUT2D eigenvalue weighted by Crippen LogP contribution is -2.25. The third kappa shape index (κ3) is 3.09. The van der Waals surface area contributed by atoms with Crippen LogP contribution in [0.15, 0.2) is 62.2 Å². The van der Waals surface area contributed by atoms with E-state index in [1.165, 1.54) is 0 Å². The van der Waals surface area contributed by atoms with Crippen molar-refractivity contribution >= 4 is 33.2 Å². The summed E-state index contributed by atoms with van der Waals surface area (Å²) in [6.45, 7) is 0.312. The molecule has 1 N–H and O–H groups in total. The van der Waals surface area contributed by atoms with Gasteiger partial charge in [0.1, 0.15) is 5.84 Å². The second kappa shape index (κ2) is 6.57. The van der Waals surface area contributed by atoms with Gasteiger partial charge in [-0.2, -0.15) is 0 Å². The van der Waals surface area contributed by atoms with Crippen molar-refractivity contribution < 1.29 is 0 Å². The van der Waals surface area contributed by atoms with Crippen LogP contribution in [0.1, 0.15) is 11.3 Å². The third-order valence-corrected chi connectivity index (χ3v) is 3.60. The number of fused-ring (bicyclic) bond motifs is 1. The van der Waals surface area contributed by atoms with Crippen LogP contribution in [0.4, 0.5) is 5.69 Å². The van der Waals surface area contributed by atoms with Gasteiger partial charge in [0, 0.05) is 16.2 Å². The fourth-order valence-corrected chi connectivity index (χ4v) is 2.52. The number of benzene rings is 1. The van der Waals surface area contributed by atoms with Gasteiger partial charge in [0.15, 0.2) is 6.67 Å². The van der Waals surface area contributed by atoms with Gasteiger partial charge >= 0.3 is 0 Å². The van der Waals surface area contributed by atoms with E-state index in [-0.39, 0.29) is 6.67 Å². The predicted molar refractivity (Wildman–Crippen MR) is 89.8 cm³/mol. The van der Waals surface area contributed by atoms with Crippen LogP contribution in [0.3, 0.4) is 0 Å². The first-order valence-electron chi connectivity index (χ1n) is 6.64. The molecule has 1 aliphatic heterocycles. The van der Waals surface area contributed by atoms with Crippen molar-refractivity contribution in [2.24, 2.45) is 15.2 Å². The highest BCUT2D eigenvalue weighted by molar-refractivity contribution is 9.10. The maximum atomic E-state index is 10.3. The Morgan fingerprint density at radius 1 is 1.27 bits per heavy atom. The van der Waals surface area contributed by atoms with Crippen molar-refractivity contribution in [1.82, 2.24) is 10.3 Å². The molecule has 110 valence electrons. The molecule has 7 heteroatoms.